The minimum absolute atomic E-state index is 0.302. The highest BCUT2D eigenvalue weighted by molar-refractivity contribution is 7.77. The van der Waals surface area contributed by atoms with Crippen molar-refractivity contribution in [3.8, 4) is 34.2 Å². The van der Waals surface area contributed by atoms with Crippen LogP contribution in [0.5, 0.6) is 0 Å². The number of benzene rings is 5. The van der Waals surface area contributed by atoms with Gasteiger partial charge in [0.1, 0.15) is 11.6 Å². The van der Waals surface area contributed by atoms with Crippen LogP contribution in [0.1, 0.15) is 30.4 Å². The van der Waals surface area contributed by atoms with Gasteiger partial charge in [-0.15, -0.1) is 0 Å². The minimum atomic E-state index is -0.734. The van der Waals surface area contributed by atoms with Crippen molar-refractivity contribution in [1.82, 2.24) is 15.0 Å². The van der Waals surface area contributed by atoms with Crippen molar-refractivity contribution < 1.29 is 8.78 Å². The molecule has 0 aliphatic heterocycles. The molecule has 0 N–H and O–H groups in total. The van der Waals surface area contributed by atoms with Gasteiger partial charge in [0.05, 0.1) is 0 Å². The first kappa shape index (κ1) is 30.0. The van der Waals surface area contributed by atoms with Gasteiger partial charge in [0.15, 0.2) is 17.5 Å². The van der Waals surface area contributed by atoms with E-state index in [0.29, 0.717) is 56.9 Å². The number of halogens is 2. The van der Waals surface area contributed by atoms with Gasteiger partial charge in [0, 0.05) is 27.6 Å². The maximum Gasteiger partial charge on any atom is 0.164 e. The third-order valence-corrected chi connectivity index (χ3v) is 11.2. The predicted octanol–water partition coefficient (Wildman–Crippen LogP) is 10.4. The molecule has 2 aliphatic carbocycles. The maximum absolute atomic E-state index is 15.0. The molecule has 1 atom stereocenters. The average Bonchev–Trinajstić information content (AvgIpc) is 3.40. The molecule has 1 heterocycles. The fraction of sp³-hybridized carbons (Fsp3) is 0.0714. The molecule has 0 radical (unpaired) electrons. The summed E-state index contributed by atoms with van der Waals surface area (Å²) in [5.74, 6) is 0.724. The normalized spacial score (nSPS) is 14.4. The zero-order valence-corrected chi connectivity index (χ0v) is 26.9. The first-order valence-corrected chi connectivity index (χ1v) is 17.4. The van der Waals surface area contributed by atoms with Crippen molar-refractivity contribution in [3.05, 3.63) is 162 Å². The van der Waals surface area contributed by atoms with Crippen LogP contribution in [0, 0.1) is 11.6 Å². The fourth-order valence-electron chi connectivity index (χ4n) is 6.36. The van der Waals surface area contributed by atoms with Crippen LogP contribution < -0.4 is 10.6 Å². The summed E-state index contributed by atoms with van der Waals surface area (Å²) in [6.07, 6.45) is 17.4. The largest absolute Gasteiger partial charge is 0.208 e. The molecule has 1 unspecified atom stereocenters. The van der Waals surface area contributed by atoms with E-state index < -0.39 is 7.92 Å². The van der Waals surface area contributed by atoms with Crippen LogP contribution in [0.3, 0.4) is 0 Å². The highest BCUT2D eigenvalue weighted by Crippen LogP contribution is 2.45. The average molecular weight is 646 g/mol. The number of rotatable bonds is 6. The zero-order chi connectivity index (χ0) is 32.5. The smallest absolute Gasteiger partial charge is 0.164 e. The summed E-state index contributed by atoms with van der Waals surface area (Å²) in [4.78, 5) is 14.9. The van der Waals surface area contributed by atoms with Gasteiger partial charge in [-0.3, -0.25) is 0 Å². The van der Waals surface area contributed by atoms with E-state index >= 15 is 4.39 Å². The second-order valence-corrected chi connectivity index (χ2v) is 14.0. The molecular weight excluding hydrogens is 615 g/mol. The van der Waals surface area contributed by atoms with E-state index in [1.54, 1.807) is 18.2 Å². The summed E-state index contributed by atoms with van der Waals surface area (Å²) in [6, 6.07) is 32.8. The molecular formula is C42H30F2N3P. The molecule has 8 rings (SSSR count). The zero-order valence-electron chi connectivity index (χ0n) is 26.0. The number of nitrogens with zero attached hydrogens (tertiary/aromatic N) is 3. The van der Waals surface area contributed by atoms with Crippen LogP contribution >= 0.6 is 7.92 Å². The molecule has 0 saturated heterocycles. The summed E-state index contributed by atoms with van der Waals surface area (Å²) in [5, 5.41) is 5.08. The van der Waals surface area contributed by atoms with Crippen LogP contribution in [0.2, 0.25) is 0 Å². The van der Waals surface area contributed by atoms with Gasteiger partial charge < -0.3 is 0 Å². The van der Waals surface area contributed by atoms with Crippen molar-refractivity contribution in [3.63, 3.8) is 0 Å². The fourth-order valence-corrected chi connectivity index (χ4v) is 8.73. The van der Waals surface area contributed by atoms with Crippen LogP contribution in [-0.2, 0) is 0 Å². The highest BCUT2D eigenvalue weighted by Gasteiger charge is 2.21. The van der Waals surface area contributed by atoms with Gasteiger partial charge in [0.2, 0.25) is 0 Å². The molecule has 232 valence electrons. The molecule has 0 saturated carbocycles. The van der Waals surface area contributed by atoms with Crippen molar-refractivity contribution in [2.24, 2.45) is 0 Å². The molecule has 0 amide bonds. The third kappa shape index (κ3) is 5.72. The Morgan fingerprint density at radius 3 is 1.92 bits per heavy atom. The standard InChI is InChI=1S/C42H30F2N3P/c43-38-26-24-36(32-16-8-3-9-18-34(32)38)41-45-40(46-42(47-41)37-25-27-39(44)35-19-11-10-17-33(35)37)28-20-22-31(23-21-28)48(29-12-4-1-5-13-29)30-14-6-2-7-15-30/h1,4-6,8-27H,2-3,7H2. The third-order valence-electron chi connectivity index (χ3n) is 8.69. The SMILES string of the molecule is Fc1ccc(-c2nc(-c3ccc(P(C4=CCCC=C4)c4ccccc4)cc3)nc(-c3ccc(F)c4ccccc34)n2)c2c1C=CCC=C2. The van der Waals surface area contributed by atoms with Gasteiger partial charge in [-0.1, -0.05) is 121 Å². The second kappa shape index (κ2) is 13.0. The molecule has 0 spiro atoms. The number of hydrogen-bond donors (Lipinski definition) is 0. The van der Waals surface area contributed by atoms with E-state index in [1.807, 2.05) is 42.5 Å². The van der Waals surface area contributed by atoms with Crippen LogP contribution in [-0.4, -0.2) is 15.0 Å². The first-order valence-electron chi connectivity index (χ1n) is 16.1. The molecule has 0 fully saturated rings. The number of allylic oxidation sites excluding steroid dienone is 6. The molecule has 3 nitrogen and oxygen atoms in total. The Hall–Kier alpha value is -5.38. The Balaban J connectivity index is 1.30. The van der Waals surface area contributed by atoms with Gasteiger partial charge >= 0.3 is 0 Å². The second-order valence-electron chi connectivity index (χ2n) is 11.7. The Morgan fingerprint density at radius 1 is 0.500 bits per heavy atom. The number of fused-ring (bicyclic) bond motifs is 2. The summed E-state index contributed by atoms with van der Waals surface area (Å²) >= 11 is 0. The van der Waals surface area contributed by atoms with E-state index in [1.165, 1.54) is 28.1 Å². The summed E-state index contributed by atoms with van der Waals surface area (Å²) < 4.78 is 29.9. The van der Waals surface area contributed by atoms with Crippen molar-refractivity contribution in [1.29, 1.82) is 0 Å². The molecule has 1 aromatic heterocycles. The van der Waals surface area contributed by atoms with Crippen molar-refractivity contribution >= 4 is 41.5 Å². The molecule has 6 heteroatoms. The molecule has 5 aromatic carbocycles. The van der Waals surface area contributed by atoms with Crippen molar-refractivity contribution in [2.45, 2.75) is 19.3 Å². The monoisotopic (exact) mass is 645 g/mol. The molecule has 0 bridgehead atoms. The van der Waals surface area contributed by atoms with Crippen LogP contribution in [0.25, 0.3) is 57.1 Å². The van der Waals surface area contributed by atoms with E-state index in [2.05, 4.69) is 72.8 Å². The van der Waals surface area contributed by atoms with E-state index in [-0.39, 0.29) is 11.6 Å². The lowest BCUT2D eigenvalue weighted by atomic mass is 9.99. The lowest BCUT2D eigenvalue weighted by Gasteiger charge is -2.22. The Labute approximate surface area is 279 Å². The van der Waals surface area contributed by atoms with Crippen LogP contribution in [0.4, 0.5) is 8.78 Å². The van der Waals surface area contributed by atoms with E-state index in [9.17, 15) is 4.39 Å². The lowest BCUT2D eigenvalue weighted by Crippen LogP contribution is -2.13. The Morgan fingerprint density at radius 2 is 1.15 bits per heavy atom. The first-order chi connectivity index (χ1) is 23.6. The Kier molecular flexibility index (Phi) is 8.13. The number of aromatic nitrogens is 3. The topological polar surface area (TPSA) is 38.7 Å². The number of hydrogen-bond acceptors (Lipinski definition) is 3. The van der Waals surface area contributed by atoms with Gasteiger partial charge in [-0.25, -0.2) is 23.7 Å². The quantitative estimate of drug-likeness (QED) is 0.169. The van der Waals surface area contributed by atoms with Gasteiger partial charge in [-0.05, 0) is 78.3 Å². The van der Waals surface area contributed by atoms with E-state index in [0.717, 1.165) is 18.4 Å². The highest BCUT2D eigenvalue weighted by atomic mass is 31.1. The van der Waals surface area contributed by atoms with Gasteiger partial charge in [0.25, 0.3) is 0 Å². The molecule has 48 heavy (non-hydrogen) atoms. The van der Waals surface area contributed by atoms with Gasteiger partial charge in [-0.2, -0.15) is 0 Å². The molecule has 6 aromatic rings. The lowest BCUT2D eigenvalue weighted by molar-refractivity contribution is 0.625. The van der Waals surface area contributed by atoms with E-state index in [4.69, 9.17) is 15.0 Å². The predicted molar refractivity (Wildman–Crippen MR) is 195 cm³/mol. The summed E-state index contributed by atoms with van der Waals surface area (Å²) in [6.45, 7) is 0. The van der Waals surface area contributed by atoms with Crippen LogP contribution in [0.15, 0.2) is 139 Å². The Bertz CT molecular complexity index is 2290. The maximum atomic E-state index is 15.0. The van der Waals surface area contributed by atoms with Crippen molar-refractivity contribution in [2.75, 3.05) is 0 Å². The summed E-state index contributed by atoms with van der Waals surface area (Å²) in [7, 11) is -0.734. The minimum Gasteiger partial charge on any atom is -0.208 e. The molecule has 2 aliphatic rings. The summed E-state index contributed by atoms with van der Waals surface area (Å²) in [5.41, 5.74) is 3.44.